The molecule has 2 aromatic rings. The maximum absolute atomic E-state index is 11.4. The Morgan fingerprint density at radius 3 is 2.81 bits per heavy atom. The normalized spacial score (nSPS) is 25.3. The average Bonchev–Trinajstić information content (AvgIpc) is 2.68. The molecule has 138 valence electrons. The summed E-state index contributed by atoms with van der Waals surface area (Å²) in [6, 6.07) is 6.07. The molecule has 0 radical (unpaired) electrons. The molecule has 5 nitrogen and oxygen atoms in total. The van der Waals surface area contributed by atoms with Gasteiger partial charge in [-0.1, -0.05) is 0 Å². The number of primary amides is 1. The van der Waals surface area contributed by atoms with E-state index < -0.39 is 0 Å². The van der Waals surface area contributed by atoms with Gasteiger partial charge >= 0.3 is 0 Å². The van der Waals surface area contributed by atoms with Gasteiger partial charge in [0.2, 0.25) is 5.91 Å². The van der Waals surface area contributed by atoms with E-state index in [4.69, 9.17) is 15.2 Å². The van der Waals surface area contributed by atoms with Crippen LogP contribution in [0.5, 0.6) is 11.5 Å². The quantitative estimate of drug-likeness (QED) is 0.912. The fourth-order valence-electron chi connectivity index (χ4n) is 4.50. The van der Waals surface area contributed by atoms with Crippen molar-refractivity contribution in [2.75, 3.05) is 13.2 Å². The molecule has 5 heteroatoms. The number of hydrogen-bond acceptors (Lipinski definition) is 4. The summed E-state index contributed by atoms with van der Waals surface area (Å²) in [4.78, 5) is 15.9. The Morgan fingerprint density at radius 2 is 2.08 bits per heavy atom. The molecule has 2 aliphatic rings. The summed E-state index contributed by atoms with van der Waals surface area (Å²) in [6.45, 7) is 3.37. The molecule has 2 N–H and O–H groups in total. The molecule has 0 spiro atoms. The summed E-state index contributed by atoms with van der Waals surface area (Å²) in [5.74, 6) is 2.76. The van der Waals surface area contributed by atoms with Gasteiger partial charge < -0.3 is 15.2 Å². The zero-order valence-corrected chi connectivity index (χ0v) is 15.2. The van der Waals surface area contributed by atoms with Crippen LogP contribution in [0.3, 0.4) is 0 Å². The fraction of sp³-hybridized carbons (Fsp3) is 0.524. The molecule has 4 rings (SSSR count). The lowest BCUT2D eigenvalue weighted by Crippen LogP contribution is -2.34. The number of rotatable bonds is 4. The average molecular weight is 354 g/mol. The molecule has 1 aliphatic carbocycles. The van der Waals surface area contributed by atoms with Crippen LogP contribution in [-0.4, -0.2) is 24.1 Å². The van der Waals surface area contributed by atoms with E-state index in [0.29, 0.717) is 18.4 Å². The van der Waals surface area contributed by atoms with Gasteiger partial charge in [0.15, 0.2) is 0 Å². The molecule has 1 aromatic carbocycles. The number of carbonyl (C=O) groups excluding carboxylic acids is 1. The van der Waals surface area contributed by atoms with E-state index >= 15 is 0 Å². The number of aromatic nitrogens is 1. The van der Waals surface area contributed by atoms with E-state index in [0.717, 1.165) is 61.1 Å². The van der Waals surface area contributed by atoms with Crippen molar-refractivity contribution in [3.05, 3.63) is 30.0 Å². The van der Waals surface area contributed by atoms with Crippen LogP contribution in [0.15, 0.2) is 24.4 Å². The standard InChI is InChI=1S/C21H26N2O3/c1-2-25-16-7-8-19-17(10-16)18-9-15(12-26-20(18)11-23-19)13-3-5-14(6-4-13)21(22)24/h7-8,10-11,13-15H,2-6,9,12H2,1H3,(H2,22,24). The Balaban J connectivity index is 1.57. The van der Waals surface area contributed by atoms with Gasteiger partial charge in [0.25, 0.3) is 0 Å². The highest BCUT2D eigenvalue weighted by atomic mass is 16.5. The topological polar surface area (TPSA) is 74.4 Å². The van der Waals surface area contributed by atoms with Crippen molar-refractivity contribution in [1.29, 1.82) is 0 Å². The molecule has 0 bridgehead atoms. The zero-order chi connectivity index (χ0) is 18.1. The van der Waals surface area contributed by atoms with Gasteiger partial charge in [-0.05, 0) is 69.1 Å². The number of nitrogens with two attached hydrogens (primary N) is 1. The minimum absolute atomic E-state index is 0.0572. The minimum Gasteiger partial charge on any atom is -0.494 e. The van der Waals surface area contributed by atoms with Crippen LogP contribution < -0.4 is 15.2 Å². The van der Waals surface area contributed by atoms with Gasteiger partial charge in [-0.3, -0.25) is 9.78 Å². The lowest BCUT2D eigenvalue weighted by Gasteiger charge is -2.35. The van der Waals surface area contributed by atoms with Gasteiger partial charge in [-0.25, -0.2) is 0 Å². The molecule has 1 unspecified atom stereocenters. The molecular weight excluding hydrogens is 328 g/mol. The fourth-order valence-corrected chi connectivity index (χ4v) is 4.50. The van der Waals surface area contributed by atoms with Crippen molar-refractivity contribution < 1.29 is 14.3 Å². The van der Waals surface area contributed by atoms with E-state index in [1.54, 1.807) is 0 Å². The number of nitrogens with zero attached hydrogens (tertiary/aromatic N) is 1. The Morgan fingerprint density at radius 1 is 1.27 bits per heavy atom. The summed E-state index contributed by atoms with van der Waals surface area (Å²) in [6.07, 6.45) is 6.78. The highest BCUT2D eigenvalue weighted by Gasteiger charge is 2.33. The number of amides is 1. The first kappa shape index (κ1) is 17.1. The molecule has 1 aromatic heterocycles. The van der Waals surface area contributed by atoms with E-state index in [1.807, 2.05) is 25.3 Å². The largest absolute Gasteiger partial charge is 0.494 e. The van der Waals surface area contributed by atoms with Crippen molar-refractivity contribution in [2.24, 2.45) is 23.5 Å². The molecule has 1 amide bonds. The van der Waals surface area contributed by atoms with Crippen molar-refractivity contribution in [3.63, 3.8) is 0 Å². The Hall–Kier alpha value is -2.30. The number of carbonyl (C=O) groups is 1. The summed E-state index contributed by atoms with van der Waals surface area (Å²) in [7, 11) is 0. The highest BCUT2D eigenvalue weighted by Crippen LogP contribution is 2.40. The summed E-state index contributed by atoms with van der Waals surface area (Å²) in [5, 5.41) is 1.13. The molecular formula is C21H26N2O3. The van der Waals surface area contributed by atoms with Crippen LogP contribution in [-0.2, 0) is 11.2 Å². The lowest BCUT2D eigenvalue weighted by molar-refractivity contribution is -0.123. The summed E-state index contributed by atoms with van der Waals surface area (Å²) >= 11 is 0. The Labute approximate surface area is 153 Å². The second-order valence-electron chi connectivity index (χ2n) is 7.50. The zero-order valence-electron chi connectivity index (χ0n) is 15.2. The molecule has 0 saturated heterocycles. The van der Waals surface area contributed by atoms with E-state index in [1.165, 1.54) is 5.56 Å². The van der Waals surface area contributed by atoms with Crippen LogP contribution in [0.2, 0.25) is 0 Å². The first-order valence-electron chi connectivity index (χ1n) is 9.62. The molecule has 26 heavy (non-hydrogen) atoms. The maximum Gasteiger partial charge on any atom is 0.220 e. The number of ether oxygens (including phenoxy) is 2. The first-order valence-corrected chi connectivity index (χ1v) is 9.62. The predicted molar refractivity (Wildman–Crippen MR) is 100 cm³/mol. The van der Waals surface area contributed by atoms with Crippen molar-refractivity contribution in [1.82, 2.24) is 4.98 Å². The van der Waals surface area contributed by atoms with Crippen LogP contribution >= 0.6 is 0 Å². The van der Waals surface area contributed by atoms with Gasteiger partial charge in [-0.15, -0.1) is 0 Å². The maximum atomic E-state index is 11.4. The van der Waals surface area contributed by atoms with Gasteiger partial charge in [0, 0.05) is 16.9 Å². The molecule has 1 saturated carbocycles. The van der Waals surface area contributed by atoms with Crippen LogP contribution in [0.1, 0.15) is 38.2 Å². The number of hydrogen-bond donors (Lipinski definition) is 1. The predicted octanol–water partition coefficient (Wildman–Crippen LogP) is 3.48. The molecule has 1 fully saturated rings. The SMILES string of the molecule is CCOc1ccc2ncc3c(c2c1)CC(C1CCC(C(N)=O)CC1)CO3. The van der Waals surface area contributed by atoms with Gasteiger partial charge in [0.05, 0.1) is 24.9 Å². The Bertz CT molecular complexity index is 812. The second-order valence-corrected chi connectivity index (χ2v) is 7.50. The molecule has 1 aliphatic heterocycles. The van der Waals surface area contributed by atoms with Crippen LogP contribution in [0.4, 0.5) is 0 Å². The van der Waals surface area contributed by atoms with Gasteiger partial charge in [-0.2, -0.15) is 0 Å². The lowest BCUT2D eigenvalue weighted by atomic mass is 9.73. The number of benzene rings is 1. The van der Waals surface area contributed by atoms with Gasteiger partial charge in [0.1, 0.15) is 11.5 Å². The second kappa shape index (κ2) is 7.14. The minimum atomic E-state index is -0.144. The molecule has 1 atom stereocenters. The Kier molecular flexibility index (Phi) is 4.70. The first-order chi connectivity index (χ1) is 12.7. The summed E-state index contributed by atoms with van der Waals surface area (Å²) < 4.78 is 11.7. The third-order valence-electron chi connectivity index (χ3n) is 5.98. The van der Waals surface area contributed by atoms with Crippen molar-refractivity contribution in [3.8, 4) is 11.5 Å². The third-order valence-corrected chi connectivity index (χ3v) is 5.98. The van der Waals surface area contributed by atoms with Crippen molar-refractivity contribution >= 4 is 16.8 Å². The third kappa shape index (κ3) is 3.22. The van der Waals surface area contributed by atoms with E-state index in [9.17, 15) is 4.79 Å². The van der Waals surface area contributed by atoms with Crippen LogP contribution in [0.25, 0.3) is 10.9 Å². The van der Waals surface area contributed by atoms with E-state index in [2.05, 4.69) is 11.1 Å². The summed E-state index contributed by atoms with van der Waals surface area (Å²) in [5.41, 5.74) is 7.69. The van der Waals surface area contributed by atoms with Crippen molar-refractivity contribution in [2.45, 2.75) is 39.0 Å². The number of pyridine rings is 1. The highest BCUT2D eigenvalue weighted by molar-refractivity contribution is 5.85. The monoisotopic (exact) mass is 354 g/mol. The van der Waals surface area contributed by atoms with Crippen LogP contribution in [0, 0.1) is 17.8 Å². The van der Waals surface area contributed by atoms with E-state index in [-0.39, 0.29) is 11.8 Å². The number of fused-ring (bicyclic) bond motifs is 3. The smallest absolute Gasteiger partial charge is 0.220 e. The molecule has 2 heterocycles.